The highest BCUT2D eigenvalue weighted by molar-refractivity contribution is 5.56. The fourth-order valence-corrected chi connectivity index (χ4v) is 2.46. The first-order valence-corrected chi connectivity index (χ1v) is 7.17. The van der Waals surface area contributed by atoms with Crippen LogP contribution in [0.3, 0.4) is 0 Å². The summed E-state index contributed by atoms with van der Waals surface area (Å²) in [5, 5.41) is 0. The van der Waals surface area contributed by atoms with Gasteiger partial charge in [0, 0.05) is 24.5 Å². The predicted molar refractivity (Wildman–Crippen MR) is 84.9 cm³/mol. The van der Waals surface area contributed by atoms with Gasteiger partial charge in [0.2, 0.25) is 6.67 Å². The number of hydrogen-bond acceptors (Lipinski definition) is 2. The van der Waals surface area contributed by atoms with Gasteiger partial charge in [-0.2, -0.15) is 0 Å². The maximum atomic E-state index is 3.49. The molecule has 1 aliphatic rings. The van der Waals surface area contributed by atoms with Gasteiger partial charge in [0.05, 0.1) is 0 Å². The number of aryl methyl sites for hydroxylation is 2. The summed E-state index contributed by atoms with van der Waals surface area (Å²) >= 11 is 0. The highest BCUT2D eigenvalue weighted by atomic mass is 15.3. The Morgan fingerprint density at radius 3 is 1.50 bits per heavy atom. The molecule has 0 aromatic heterocycles. The molecule has 0 unspecified atom stereocenters. The van der Waals surface area contributed by atoms with E-state index in [1.165, 1.54) is 22.5 Å². The fourth-order valence-electron chi connectivity index (χ4n) is 2.46. The molecule has 20 heavy (non-hydrogen) atoms. The van der Waals surface area contributed by atoms with Crippen molar-refractivity contribution in [2.45, 2.75) is 20.3 Å². The Hall–Kier alpha value is -1.96. The van der Waals surface area contributed by atoms with E-state index in [9.17, 15) is 0 Å². The highest BCUT2D eigenvalue weighted by Crippen LogP contribution is 2.25. The zero-order chi connectivity index (χ0) is 13.9. The maximum Gasteiger partial charge on any atom is 0.208 e. The molecule has 3 rings (SSSR count). The summed E-state index contributed by atoms with van der Waals surface area (Å²) in [6.07, 6.45) is 1.15. The van der Waals surface area contributed by atoms with Gasteiger partial charge >= 0.3 is 0 Å². The van der Waals surface area contributed by atoms with Crippen LogP contribution in [0.5, 0.6) is 0 Å². The van der Waals surface area contributed by atoms with Gasteiger partial charge in [-0.15, -0.1) is 0 Å². The lowest BCUT2D eigenvalue weighted by molar-refractivity contribution is 0.675. The van der Waals surface area contributed by atoms with Crippen molar-refractivity contribution < 1.29 is 0 Å². The van der Waals surface area contributed by atoms with Crippen LogP contribution < -0.4 is 9.80 Å². The number of rotatable bonds is 2. The molecular formula is C18H20N2. The van der Waals surface area contributed by atoms with Gasteiger partial charge in [-0.3, -0.25) is 0 Å². The molecule has 102 valence electrons. The zero-order valence-electron chi connectivity index (χ0n) is 12.1. The SMILES string of the molecule is Cc1ccc(N2[C]N(c3ccc(C)cc3)CCC2)cc1. The van der Waals surface area contributed by atoms with Crippen LogP contribution in [0.4, 0.5) is 11.4 Å². The second-order valence-corrected chi connectivity index (χ2v) is 5.43. The topological polar surface area (TPSA) is 6.48 Å². The minimum Gasteiger partial charge on any atom is -0.341 e. The van der Waals surface area contributed by atoms with Crippen molar-refractivity contribution in [2.75, 3.05) is 22.9 Å². The van der Waals surface area contributed by atoms with E-state index in [0.29, 0.717) is 0 Å². The Labute approximate surface area is 121 Å². The van der Waals surface area contributed by atoms with Crippen LogP contribution in [0.15, 0.2) is 48.5 Å². The Kier molecular flexibility index (Phi) is 3.64. The van der Waals surface area contributed by atoms with Gasteiger partial charge in [-0.25, -0.2) is 0 Å². The average molecular weight is 264 g/mol. The van der Waals surface area contributed by atoms with Crippen LogP contribution in [0.2, 0.25) is 0 Å². The summed E-state index contributed by atoms with van der Waals surface area (Å²) in [5.74, 6) is 0. The van der Waals surface area contributed by atoms with E-state index in [1.54, 1.807) is 0 Å². The van der Waals surface area contributed by atoms with Crippen LogP contribution in [0.1, 0.15) is 17.5 Å². The highest BCUT2D eigenvalue weighted by Gasteiger charge is 2.19. The number of anilines is 2. The van der Waals surface area contributed by atoms with Crippen molar-refractivity contribution in [1.82, 2.24) is 0 Å². The standard InChI is InChI=1S/C18H20N2/c1-15-4-8-17(9-5-15)19-12-3-13-20(14-19)18-10-6-16(2)7-11-18/h4-11H,3,12-13H2,1-2H3. The van der Waals surface area contributed by atoms with E-state index in [1.807, 2.05) is 0 Å². The maximum absolute atomic E-state index is 3.49. The molecule has 0 atom stereocenters. The summed E-state index contributed by atoms with van der Waals surface area (Å²) in [6.45, 7) is 9.79. The first-order chi connectivity index (χ1) is 9.72. The molecule has 2 nitrogen and oxygen atoms in total. The lowest BCUT2D eigenvalue weighted by atomic mass is 10.1. The third-order valence-corrected chi connectivity index (χ3v) is 3.70. The monoisotopic (exact) mass is 264 g/mol. The molecular weight excluding hydrogens is 244 g/mol. The smallest absolute Gasteiger partial charge is 0.208 e. The van der Waals surface area contributed by atoms with Gasteiger partial charge in [-0.1, -0.05) is 35.4 Å². The van der Waals surface area contributed by atoms with E-state index in [2.05, 4.69) is 78.8 Å². The Balaban J connectivity index is 1.76. The molecule has 2 radical (unpaired) electrons. The molecule has 0 saturated carbocycles. The third-order valence-electron chi connectivity index (χ3n) is 3.70. The van der Waals surface area contributed by atoms with E-state index < -0.39 is 0 Å². The number of benzene rings is 2. The molecule has 0 N–H and O–H groups in total. The molecule has 0 aliphatic carbocycles. The quantitative estimate of drug-likeness (QED) is 0.808. The molecule has 0 spiro atoms. The first-order valence-electron chi connectivity index (χ1n) is 7.17. The normalized spacial score (nSPS) is 15.5. The van der Waals surface area contributed by atoms with E-state index in [0.717, 1.165) is 19.5 Å². The summed E-state index contributed by atoms with van der Waals surface area (Å²) in [4.78, 5) is 4.42. The summed E-state index contributed by atoms with van der Waals surface area (Å²) in [5.41, 5.74) is 5.02. The third kappa shape index (κ3) is 2.79. The van der Waals surface area contributed by atoms with Crippen molar-refractivity contribution in [2.24, 2.45) is 0 Å². The van der Waals surface area contributed by atoms with Crippen molar-refractivity contribution >= 4 is 11.4 Å². The van der Waals surface area contributed by atoms with E-state index >= 15 is 0 Å². The van der Waals surface area contributed by atoms with Crippen molar-refractivity contribution in [3.05, 3.63) is 66.3 Å². The predicted octanol–water partition coefficient (Wildman–Crippen LogP) is 4.02. The van der Waals surface area contributed by atoms with Crippen LogP contribution in [-0.4, -0.2) is 13.1 Å². The van der Waals surface area contributed by atoms with Crippen LogP contribution in [0, 0.1) is 20.5 Å². The molecule has 1 heterocycles. The lowest BCUT2D eigenvalue weighted by Gasteiger charge is -2.36. The molecule has 2 heteroatoms. The van der Waals surface area contributed by atoms with Crippen molar-refractivity contribution in [3.63, 3.8) is 0 Å². The summed E-state index contributed by atoms with van der Waals surface area (Å²) in [7, 11) is 0. The molecule has 0 amide bonds. The number of hydrogen-bond donors (Lipinski definition) is 0. The number of nitrogens with zero attached hydrogens (tertiary/aromatic N) is 2. The lowest BCUT2D eigenvalue weighted by Crippen LogP contribution is -2.40. The van der Waals surface area contributed by atoms with Gasteiger partial charge in [-0.05, 0) is 44.5 Å². The second kappa shape index (κ2) is 5.58. The molecule has 2 aromatic rings. The minimum absolute atomic E-state index is 1.03. The molecule has 0 bridgehead atoms. The molecule has 1 fully saturated rings. The van der Waals surface area contributed by atoms with Crippen molar-refractivity contribution in [1.29, 1.82) is 0 Å². The average Bonchev–Trinajstić information content (AvgIpc) is 2.49. The molecule has 2 aromatic carbocycles. The van der Waals surface area contributed by atoms with Gasteiger partial charge in [0.15, 0.2) is 0 Å². The van der Waals surface area contributed by atoms with Crippen LogP contribution in [-0.2, 0) is 0 Å². The largest absolute Gasteiger partial charge is 0.341 e. The van der Waals surface area contributed by atoms with Crippen LogP contribution in [0.25, 0.3) is 0 Å². The van der Waals surface area contributed by atoms with Gasteiger partial charge in [0.25, 0.3) is 0 Å². The van der Waals surface area contributed by atoms with Gasteiger partial charge in [0.1, 0.15) is 0 Å². The second-order valence-electron chi connectivity index (χ2n) is 5.43. The Morgan fingerprint density at radius 2 is 1.10 bits per heavy atom. The van der Waals surface area contributed by atoms with E-state index in [4.69, 9.17) is 0 Å². The Morgan fingerprint density at radius 1 is 0.700 bits per heavy atom. The fraction of sp³-hybridized carbons (Fsp3) is 0.278. The van der Waals surface area contributed by atoms with E-state index in [-0.39, 0.29) is 0 Å². The molecule has 1 aliphatic heterocycles. The van der Waals surface area contributed by atoms with Crippen LogP contribution >= 0.6 is 0 Å². The first kappa shape index (κ1) is 13.0. The van der Waals surface area contributed by atoms with Crippen molar-refractivity contribution in [3.8, 4) is 0 Å². The Bertz CT molecular complexity index is 505. The summed E-state index contributed by atoms with van der Waals surface area (Å²) < 4.78 is 0. The molecule has 1 saturated heterocycles. The minimum atomic E-state index is 1.03. The van der Waals surface area contributed by atoms with Gasteiger partial charge < -0.3 is 9.80 Å². The zero-order valence-corrected chi connectivity index (χ0v) is 12.1. The summed E-state index contributed by atoms with van der Waals surface area (Å²) in [6, 6.07) is 17.3.